The smallest absolute Gasteiger partial charge is 0.246 e. The minimum absolute atomic E-state index is 0.221. The number of benzene rings is 3. The lowest BCUT2D eigenvalue weighted by Crippen LogP contribution is -2.46. The lowest BCUT2D eigenvalue weighted by Gasteiger charge is -2.21. The lowest BCUT2D eigenvalue weighted by molar-refractivity contribution is -0.125. The maximum atomic E-state index is 13.1. The molecule has 0 unspecified atom stereocenters. The molecule has 3 N–H and O–H groups in total. The fraction of sp³-hybridized carbons (Fsp3) is 0.160. The predicted molar refractivity (Wildman–Crippen MR) is 131 cm³/mol. The number of carbonyl (C=O) groups excluding carboxylic acids is 3. The van der Waals surface area contributed by atoms with Crippen LogP contribution in [0.2, 0.25) is 10.0 Å². The van der Waals surface area contributed by atoms with Crippen LogP contribution in [0.15, 0.2) is 72.8 Å². The molecule has 0 aliphatic heterocycles. The van der Waals surface area contributed by atoms with E-state index in [2.05, 4.69) is 5.32 Å². The fourth-order valence-electron chi connectivity index (χ4n) is 3.28. The number of likely N-dealkylation sites (N-methyl/N-ethyl adjacent to an activating group) is 1. The number of halogens is 2. The van der Waals surface area contributed by atoms with Crippen molar-refractivity contribution < 1.29 is 14.4 Å². The zero-order valence-corrected chi connectivity index (χ0v) is 19.4. The quantitative estimate of drug-likeness (QED) is 0.475. The van der Waals surface area contributed by atoms with Crippen LogP contribution in [0.3, 0.4) is 0 Å². The Morgan fingerprint density at radius 1 is 0.939 bits per heavy atom. The van der Waals surface area contributed by atoms with Crippen molar-refractivity contribution in [3.05, 3.63) is 99.5 Å². The average Bonchev–Trinajstić information content (AvgIpc) is 2.82. The number of nitrogens with zero attached hydrogens (tertiary/aromatic N) is 1. The Hall–Kier alpha value is -3.19. The number of hydrogen-bond donors (Lipinski definition) is 2. The van der Waals surface area contributed by atoms with Crippen LogP contribution in [-0.2, 0) is 16.0 Å². The molecule has 0 aliphatic rings. The number of rotatable bonds is 8. The third-order valence-corrected chi connectivity index (χ3v) is 5.67. The maximum Gasteiger partial charge on any atom is 0.246 e. The first-order chi connectivity index (χ1) is 15.8. The van der Waals surface area contributed by atoms with Gasteiger partial charge in [-0.25, -0.2) is 0 Å². The molecule has 0 fully saturated rings. The number of nitrogens with one attached hydrogen (secondary N) is 1. The number of amides is 2. The second kappa shape index (κ2) is 11.1. The topological polar surface area (TPSA) is 92.5 Å². The highest BCUT2D eigenvalue weighted by Crippen LogP contribution is 2.28. The van der Waals surface area contributed by atoms with Gasteiger partial charge in [0.05, 0.1) is 23.3 Å². The van der Waals surface area contributed by atoms with Crippen molar-refractivity contribution in [2.24, 2.45) is 5.73 Å². The number of ketones is 1. The molecule has 0 heterocycles. The van der Waals surface area contributed by atoms with Gasteiger partial charge >= 0.3 is 0 Å². The van der Waals surface area contributed by atoms with E-state index >= 15 is 0 Å². The van der Waals surface area contributed by atoms with Crippen molar-refractivity contribution in [3.8, 4) is 0 Å². The number of anilines is 1. The van der Waals surface area contributed by atoms with Gasteiger partial charge in [0.2, 0.25) is 11.8 Å². The Balaban J connectivity index is 1.71. The highest BCUT2D eigenvalue weighted by molar-refractivity contribution is 6.36. The maximum absolute atomic E-state index is 13.1. The molecule has 0 saturated heterocycles. The molecule has 0 aromatic heterocycles. The third-order valence-electron chi connectivity index (χ3n) is 5.11. The van der Waals surface area contributed by atoms with Crippen LogP contribution in [0.4, 0.5) is 5.69 Å². The summed E-state index contributed by atoms with van der Waals surface area (Å²) in [6, 6.07) is 19.9. The van der Waals surface area contributed by atoms with Gasteiger partial charge in [0.15, 0.2) is 5.78 Å². The van der Waals surface area contributed by atoms with Crippen molar-refractivity contribution in [2.75, 3.05) is 18.5 Å². The van der Waals surface area contributed by atoms with E-state index in [1.165, 1.54) is 18.0 Å². The largest absolute Gasteiger partial charge is 0.346 e. The number of hydrogen-bond acceptors (Lipinski definition) is 4. The van der Waals surface area contributed by atoms with Crippen LogP contribution in [-0.4, -0.2) is 37.2 Å². The van der Waals surface area contributed by atoms with Gasteiger partial charge in [-0.3, -0.25) is 14.4 Å². The van der Waals surface area contributed by atoms with Crippen LogP contribution >= 0.6 is 23.2 Å². The van der Waals surface area contributed by atoms with Gasteiger partial charge in [0, 0.05) is 23.2 Å². The number of carbonyl (C=O) groups is 3. The minimum Gasteiger partial charge on any atom is -0.346 e. The van der Waals surface area contributed by atoms with E-state index in [1.54, 1.807) is 36.4 Å². The molecule has 0 bridgehead atoms. The molecule has 3 aromatic rings. The molecule has 6 nitrogen and oxygen atoms in total. The summed E-state index contributed by atoms with van der Waals surface area (Å²) >= 11 is 12.3. The minimum atomic E-state index is -0.793. The Morgan fingerprint density at radius 3 is 2.30 bits per heavy atom. The second-order valence-electron chi connectivity index (χ2n) is 7.44. The summed E-state index contributed by atoms with van der Waals surface area (Å²) in [6.07, 6.45) is 0.352. The van der Waals surface area contributed by atoms with Gasteiger partial charge in [-0.2, -0.15) is 0 Å². The molecule has 3 aromatic carbocycles. The first-order valence-corrected chi connectivity index (χ1v) is 11.0. The van der Waals surface area contributed by atoms with Crippen molar-refractivity contribution in [3.63, 3.8) is 0 Å². The van der Waals surface area contributed by atoms with E-state index in [-0.39, 0.29) is 17.9 Å². The van der Waals surface area contributed by atoms with Crippen LogP contribution in [0.1, 0.15) is 21.5 Å². The Labute approximate surface area is 202 Å². The first-order valence-electron chi connectivity index (χ1n) is 10.2. The molecule has 2 amide bonds. The molecule has 170 valence electrons. The standard InChI is InChI=1S/C25H23Cl2N3O3/c1-30(23(31)15-29-25(33)21(28)13-16-7-3-2-4-8-16)22-12-11-17(26)14-19(22)24(32)18-9-5-6-10-20(18)27/h2-12,14,21H,13,15,28H2,1H3,(H,29,33)/t21-/m0/s1. The Bertz CT molecular complexity index is 1170. The molecule has 1 atom stereocenters. The van der Waals surface area contributed by atoms with Crippen LogP contribution in [0.25, 0.3) is 0 Å². The molecule has 0 spiro atoms. The Morgan fingerprint density at radius 2 is 1.61 bits per heavy atom. The van der Waals surface area contributed by atoms with E-state index in [9.17, 15) is 14.4 Å². The van der Waals surface area contributed by atoms with Gasteiger partial charge in [0.1, 0.15) is 0 Å². The zero-order chi connectivity index (χ0) is 24.0. The number of nitrogens with two attached hydrogens (primary N) is 1. The molecule has 3 rings (SSSR count). The van der Waals surface area contributed by atoms with E-state index in [1.807, 2.05) is 30.3 Å². The molecule has 0 aliphatic carbocycles. The summed E-state index contributed by atoms with van der Waals surface area (Å²) in [5, 5.41) is 3.20. The van der Waals surface area contributed by atoms with E-state index in [0.717, 1.165) is 5.56 Å². The van der Waals surface area contributed by atoms with Gasteiger partial charge in [-0.1, -0.05) is 65.7 Å². The summed E-state index contributed by atoms with van der Waals surface area (Å²) in [5.41, 5.74) is 7.76. The highest BCUT2D eigenvalue weighted by Gasteiger charge is 2.23. The summed E-state index contributed by atoms with van der Waals surface area (Å²) in [5.74, 6) is -1.23. The predicted octanol–water partition coefficient (Wildman–Crippen LogP) is 3.87. The first kappa shape index (κ1) is 24.5. The van der Waals surface area contributed by atoms with Gasteiger partial charge in [-0.05, 0) is 42.3 Å². The monoisotopic (exact) mass is 483 g/mol. The SMILES string of the molecule is CN(C(=O)CNC(=O)[C@@H](N)Cc1ccccc1)c1ccc(Cl)cc1C(=O)c1ccccc1Cl. The van der Waals surface area contributed by atoms with Crippen LogP contribution < -0.4 is 16.0 Å². The van der Waals surface area contributed by atoms with E-state index in [0.29, 0.717) is 27.7 Å². The highest BCUT2D eigenvalue weighted by atomic mass is 35.5. The van der Waals surface area contributed by atoms with Gasteiger partial charge in [0.25, 0.3) is 0 Å². The van der Waals surface area contributed by atoms with Gasteiger partial charge in [-0.15, -0.1) is 0 Å². The van der Waals surface area contributed by atoms with E-state index < -0.39 is 17.9 Å². The third kappa shape index (κ3) is 6.20. The van der Waals surface area contributed by atoms with Crippen molar-refractivity contribution in [2.45, 2.75) is 12.5 Å². The Kier molecular flexibility index (Phi) is 8.22. The zero-order valence-electron chi connectivity index (χ0n) is 17.9. The second-order valence-corrected chi connectivity index (χ2v) is 8.28. The molecule has 8 heteroatoms. The summed E-state index contributed by atoms with van der Waals surface area (Å²) < 4.78 is 0. The summed E-state index contributed by atoms with van der Waals surface area (Å²) in [6.45, 7) is -0.278. The van der Waals surface area contributed by atoms with Gasteiger partial charge < -0.3 is 16.0 Å². The van der Waals surface area contributed by atoms with E-state index in [4.69, 9.17) is 28.9 Å². The van der Waals surface area contributed by atoms with Crippen molar-refractivity contribution in [1.82, 2.24) is 5.32 Å². The van der Waals surface area contributed by atoms with Crippen molar-refractivity contribution in [1.29, 1.82) is 0 Å². The molecule has 0 radical (unpaired) electrons. The molecular weight excluding hydrogens is 461 g/mol. The molecular formula is C25H23Cl2N3O3. The van der Waals surface area contributed by atoms with Crippen LogP contribution in [0, 0.1) is 0 Å². The average molecular weight is 484 g/mol. The summed E-state index contributed by atoms with van der Waals surface area (Å²) in [7, 11) is 1.52. The van der Waals surface area contributed by atoms with Crippen LogP contribution in [0.5, 0.6) is 0 Å². The lowest BCUT2D eigenvalue weighted by atomic mass is 10.0. The fourth-order valence-corrected chi connectivity index (χ4v) is 3.67. The molecule has 33 heavy (non-hydrogen) atoms. The molecule has 0 saturated carbocycles. The van der Waals surface area contributed by atoms with Crippen molar-refractivity contribution >= 4 is 46.5 Å². The normalized spacial score (nSPS) is 11.5. The summed E-state index contributed by atoms with van der Waals surface area (Å²) in [4.78, 5) is 39.6.